The first kappa shape index (κ1) is 18.5. The summed E-state index contributed by atoms with van der Waals surface area (Å²) in [5, 5.41) is 35.6. The molecule has 0 amide bonds. The van der Waals surface area contributed by atoms with Gasteiger partial charge in [-0.2, -0.15) is 11.3 Å². The maximum absolute atomic E-state index is 10.4. The molecule has 0 spiro atoms. The van der Waals surface area contributed by atoms with E-state index in [4.69, 9.17) is 39.5 Å². The standard InChI is InChI=1S/C17H14Cl3NO4S/c18-9-3-8-11(4-10(9)19)21(16(20)13(8)7-1-2-26-6-7)17-15(24)14(23)12(5-22)25-17/h1-4,6,12,14-15,17,22-24H,5H2/t12-,14-,15-,17?/m1/s1. The van der Waals surface area contributed by atoms with Crippen LogP contribution in [0, 0.1) is 0 Å². The number of fused-ring (bicyclic) bond motifs is 1. The normalized spacial score (nSPS) is 26.1. The van der Waals surface area contributed by atoms with Crippen LogP contribution in [0.25, 0.3) is 22.0 Å². The van der Waals surface area contributed by atoms with Crippen molar-refractivity contribution in [2.75, 3.05) is 6.61 Å². The number of nitrogens with zero attached hydrogens (tertiary/aromatic N) is 1. The highest BCUT2D eigenvalue weighted by molar-refractivity contribution is 7.08. The summed E-state index contributed by atoms with van der Waals surface area (Å²) in [6, 6.07) is 5.29. The Balaban J connectivity index is 1.98. The van der Waals surface area contributed by atoms with E-state index in [1.165, 1.54) is 11.3 Å². The third kappa shape index (κ3) is 2.77. The average Bonchev–Trinajstić information content (AvgIpc) is 3.29. The Kier molecular flexibility index (Phi) is 4.96. The summed E-state index contributed by atoms with van der Waals surface area (Å²) >= 11 is 20.6. The average molecular weight is 435 g/mol. The fourth-order valence-corrected chi connectivity index (χ4v) is 4.66. The van der Waals surface area contributed by atoms with Gasteiger partial charge in [-0.3, -0.25) is 0 Å². The first-order chi connectivity index (χ1) is 12.4. The zero-order valence-corrected chi connectivity index (χ0v) is 16.2. The van der Waals surface area contributed by atoms with Gasteiger partial charge in [0.2, 0.25) is 0 Å². The van der Waals surface area contributed by atoms with Crippen molar-refractivity contribution < 1.29 is 20.1 Å². The van der Waals surface area contributed by atoms with Crippen LogP contribution in [0.1, 0.15) is 6.23 Å². The maximum atomic E-state index is 10.4. The Labute approximate surface area is 167 Å². The van der Waals surface area contributed by atoms with Crippen molar-refractivity contribution in [1.82, 2.24) is 4.57 Å². The first-order valence-electron chi connectivity index (χ1n) is 7.77. The summed E-state index contributed by atoms with van der Waals surface area (Å²) in [5.74, 6) is 0. The zero-order valence-electron chi connectivity index (χ0n) is 13.1. The molecular weight excluding hydrogens is 421 g/mol. The Morgan fingerprint density at radius 2 is 1.85 bits per heavy atom. The quantitative estimate of drug-likeness (QED) is 0.584. The Morgan fingerprint density at radius 1 is 1.12 bits per heavy atom. The van der Waals surface area contributed by atoms with Crippen molar-refractivity contribution >= 4 is 57.0 Å². The van der Waals surface area contributed by atoms with Gasteiger partial charge in [0, 0.05) is 10.9 Å². The summed E-state index contributed by atoms with van der Waals surface area (Å²) in [7, 11) is 0. The summed E-state index contributed by atoms with van der Waals surface area (Å²) in [5.41, 5.74) is 2.24. The van der Waals surface area contributed by atoms with Gasteiger partial charge in [-0.05, 0) is 34.5 Å². The summed E-state index contributed by atoms with van der Waals surface area (Å²) in [6.45, 7) is -0.421. The van der Waals surface area contributed by atoms with Crippen LogP contribution >= 0.6 is 46.1 Å². The summed E-state index contributed by atoms with van der Waals surface area (Å²) < 4.78 is 7.24. The van der Waals surface area contributed by atoms with Gasteiger partial charge in [0.1, 0.15) is 23.5 Å². The van der Waals surface area contributed by atoms with E-state index in [0.717, 1.165) is 16.5 Å². The van der Waals surface area contributed by atoms with E-state index < -0.39 is 31.1 Å². The molecule has 0 radical (unpaired) electrons. The lowest BCUT2D eigenvalue weighted by molar-refractivity contribution is -0.0504. The zero-order chi connectivity index (χ0) is 18.6. The SMILES string of the molecule is OC[C@H]1OC(n2c(Cl)c(-c3ccsc3)c3cc(Cl)c(Cl)cc32)[C@H](O)[C@@H]1O. The van der Waals surface area contributed by atoms with Crippen LogP contribution in [0.3, 0.4) is 0 Å². The lowest BCUT2D eigenvalue weighted by atomic mass is 10.1. The molecule has 1 saturated heterocycles. The number of benzene rings is 1. The molecule has 3 aromatic rings. The molecule has 1 aromatic carbocycles. The molecule has 9 heteroatoms. The number of hydrogen-bond donors (Lipinski definition) is 3. The molecule has 138 valence electrons. The van der Waals surface area contributed by atoms with Gasteiger partial charge in [-0.1, -0.05) is 34.8 Å². The third-order valence-corrected chi connectivity index (χ3v) is 6.34. The molecule has 4 rings (SSSR count). The van der Waals surface area contributed by atoms with E-state index in [1.54, 1.807) is 16.7 Å². The number of aliphatic hydroxyl groups is 3. The summed E-state index contributed by atoms with van der Waals surface area (Å²) in [6.07, 6.45) is -4.37. The van der Waals surface area contributed by atoms with E-state index in [0.29, 0.717) is 20.7 Å². The van der Waals surface area contributed by atoms with E-state index >= 15 is 0 Å². The molecule has 0 bridgehead atoms. The van der Waals surface area contributed by atoms with Gasteiger partial charge >= 0.3 is 0 Å². The monoisotopic (exact) mass is 433 g/mol. The number of aliphatic hydroxyl groups excluding tert-OH is 3. The molecule has 1 unspecified atom stereocenters. The van der Waals surface area contributed by atoms with Crippen LogP contribution in [0.15, 0.2) is 29.0 Å². The number of halogens is 3. The molecule has 26 heavy (non-hydrogen) atoms. The minimum absolute atomic E-state index is 0.326. The highest BCUT2D eigenvalue weighted by atomic mass is 35.5. The maximum Gasteiger partial charge on any atom is 0.164 e. The first-order valence-corrected chi connectivity index (χ1v) is 9.85. The topological polar surface area (TPSA) is 74.9 Å². The second-order valence-corrected chi connectivity index (χ2v) is 8.01. The predicted molar refractivity (Wildman–Crippen MR) is 103 cm³/mol. The van der Waals surface area contributed by atoms with E-state index in [1.807, 2.05) is 16.8 Å². The Morgan fingerprint density at radius 3 is 2.46 bits per heavy atom. The molecule has 0 saturated carbocycles. The highest BCUT2D eigenvalue weighted by Gasteiger charge is 2.44. The Hall–Kier alpha value is -0.830. The fourth-order valence-electron chi connectivity index (χ4n) is 3.30. The van der Waals surface area contributed by atoms with Gasteiger partial charge in [0.05, 0.1) is 22.2 Å². The smallest absolute Gasteiger partial charge is 0.164 e. The minimum Gasteiger partial charge on any atom is -0.394 e. The van der Waals surface area contributed by atoms with Crippen LogP contribution in [0.2, 0.25) is 15.2 Å². The van der Waals surface area contributed by atoms with Gasteiger partial charge in [0.15, 0.2) is 6.23 Å². The number of rotatable bonds is 3. The van der Waals surface area contributed by atoms with Crippen LogP contribution in [0.5, 0.6) is 0 Å². The van der Waals surface area contributed by atoms with Crippen LogP contribution < -0.4 is 0 Å². The second kappa shape index (κ2) is 6.96. The number of aromatic nitrogens is 1. The van der Waals surface area contributed by atoms with Crippen LogP contribution in [0.4, 0.5) is 0 Å². The molecule has 4 atom stereocenters. The van der Waals surface area contributed by atoms with Crippen molar-refractivity contribution in [2.24, 2.45) is 0 Å². The molecule has 1 aliphatic rings. The molecule has 3 N–H and O–H groups in total. The molecule has 0 aliphatic carbocycles. The van der Waals surface area contributed by atoms with Crippen LogP contribution in [-0.2, 0) is 4.74 Å². The fraction of sp³-hybridized carbons (Fsp3) is 0.294. The van der Waals surface area contributed by atoms with Crippen molar-refractivity contribution in [3.63, 3.8) is 0 Å². The lowest BCUT2D eigenvalue weighted by Gasteiger charge is -2.19. The van der Waals surface area contributed by atoms with Crippen molar-refractivity contribution in [1.29, 1.82) is 0 Å². The number of ether oxygens (including phenoxy) is 1. The molecular formula is C17H14Cl3NO4S. The van der Waals surface area contributed by atoms with E-state index in [9.17, 15) is 15.3 Å². The van der Waals surface area contributed by atoms with Gasteiger partial charge < -0.3 is 24.6 Å². The van der Waals surface area contributed by atoms with Gasteiger partial charge in [-0.25, -0.2) is 0 Å². The summed E-state index contributed by atoms with van der Waals surface area (Å²) in [4.78, 5) is 0. The largest absolute Gasteiger partial charge is 0.394 e. The highest BCUT2D eigenvalue weighted by Crippen LogP contribution is 2.45. The van der Waals surface area contributed by atoms with Crippen molar-refractivity contribution in [3.05, 3.63) is 44.2 Å². The number of hydrogen-bond acceptors (Lipinski definition) is 5. The van der Waals surface area contributed by atoms with Gasteiger partial charge in [-0.15, -0.1) is 0 Å². The van der Waals surface area contributed by atoms with E-state index in [2.05, 4.69) is 0 Å². The molecule has 1 fully saturated rings. The lowest BCUT2D eigenvalue weighted by Crippen LogP contribution is -2.33. The third-order valence-electron chi connectivity index (χ3n) is 4.57. The van der Waals surface area contributed by atoms with E-state index in [-0.39, 0.29) is 0 Å². The second-order valence-electron chi connectivity index (χ2n) is 6.06. The van der Waals surface area contributed by atoms with Crippen molar-refractivity contribution in [3.8, 4) is 11.1 Å². The van der Waals surface area contributed by atoms with Crippen molar-refractivity contribution in [2.45, 2.75) is 24.5 Å². The molecule has 3 heterocycles. The predicted octanol–water partition coefficient (Wildman–Crippen LogP) is 3.94. The van der Waals surface area contributed by atoms with Gasteiger partial charge in [0.25, 0.3) is 0 Å². The molecule has 1 aliphatic heterocycles. The van der Waals surface area contributed by atoms with Crippen LogP contribution in [-0.4, -0.2) is 44.8 Å². The molecule has 2 aromatic heterocycles. The number of thiophene rings is 1. The molecule has 5 nitrogen and oxygen atoms in total. The Bertz CT molecular complexity index is 959. The minimum atomic E-state index is -1.26.